The Kier molecular flexibility index (Phi) is 6.46. The topological polar surface area (TPSA) is 9.23 Å². The Hall–Kier alpha value is -0.950. The molecular formula is C18H25ClO. The molecule has 0 atom stereocenters. The van der Waals surface area contributed by atoms with E-state index in [0.717, 1.165) is 18.8 Å². The lowest BCUT2D eigenvalue weighted by Crippen LogP contribution is -2.10. The van der Waals surface area contributed by atoms with E-state index < -0.39 is 0 Å². The number of benzene rings is 1. The van der Waals surface area contributed by atoms with E-state index in [1.807, 2.05) is 6.07 Å². The van der Waals surface area contributed by atoms with Crippen molar-refractivity contribution in [1.29, 1.82) is 0 Å². The molecule has 2 heteroatoms. The lowest BCUT2D eigenvalue weighted by Gasteiger charge is -2.23. The molecule has 1 nitrogen and oxygen atoms in total. The monoisotopic (exact) mass is 292 g/mol. The average Bonchev–Trinajstić information content (AvgIpc) is 2.52. The van der Waals surface area contributed by atoms with Gasteiger partial charge in [-0.15, -0.1) is 11.6 Å². The molecule has 0 bridgehead atoms. The summed E-state index contributed by atoms with van der Waals surface area (Å²) in [5.74, 6) is 2.28. The molecular weight excluding hydrogens is 268 g/mol. The highest BCUT2D eigenvalue weighted by atomic mass is 35.5. The van der Waals surface area contributed by atoms with Gasteiger partial charge in [0, 0.05) is 5.88 Å². The van der Waals surface area contributed by atoms with Gasteiger partial charge in [-0.1, -0.05) is 50.0 Å². The minimum Gasteiger partial charge on any atom is -0.494 e. The second kappa shape index (κ2) is 8.36. The standard InChI is InChI=1S/C18H25ClO/c1-2-11-20-18-10-6-7-15(13-18)12-17(14-19)16-8-4-3-5-9-16/h6-7,10,12-13,16H,2-5,8-9,11,14H2,1H3/b17-12-. The van der Waals surface area contributed by atoms with Crippen LogP contribution in [0, 0.1) is 5.92 Å². The zero-order valence-corrected chi connectivity index (χ0v) is 13.2. The maximum absolute atomic E-state index is 6.17. The summed E-state index contributed by atoms with van der Waals surface area (Å²) in [6.07, 6.45) is 9.97. The summed E-state index contributed by atoms with van der Waals surface area (Å²) in [6.45, 7) is 2.90. The molecule has 0 amide bonds. The Labute approximate surface area is 128 Å². The highest BCUT2D eigenvalue weighted by Gasteiger charge is 2.17. The van der Waals surface area contributed by atoms with Crippen LogP contribution < -0.4 is 4.74 Å². The van der Waals surface area contributed by atoms with Crippen molar-refractivity contribution in [2.75, 3.05) is 12.5 Å². The zero-order valence-electron chi connectivity index (χ0n) is 12.4. The Morgan fingerprint density at radius 2 is 2.10 bits per heavy atom. The molecule has 1 aliphatic rings. The highest BCUT2D eigenvalue weighted by molar-refractivity contribution is 6.19. The molecule has 1 saturated carbocycles. The molecule has 0 unspecified atom stereocenters. The Balaban J connectivity index is 2.09. The number of hydrogen-bond acceptors (Lipinski definition) is 1. The molecule has 0 N–H and O–H groups in total. The van der Waals surface area contributed by atoms with Crippen LogP contribution in [0.15, 0.2) is 29.8 Å². The third kappa shape index (κ3) is 4.56. The van der Waals surface area contributed by atoms with Crippen molar-refractivity contribution >= 4 is 17.7 Å². The van der Waals surface area contributed by atoms with Crippen LogP contribution in [-0.4, -0.2) is 12.5 Å². The van der Waals surface area contributed by atoms with Crippen LogP contribution in [0.25, 0.3) is 6.08 Å². The molecule has 0 radical (unpaired) electrons. The Morgan fingerprint density at radius 1 is 1.30 bits per heavy atom. The molecule has 2 rings (SSSR count). The van der Waals surface area contributed by atoms with Crippen LogP contribution >= 0.6 is 11.6 Å². The predicted octanol–water partition coefficient (Wildman–Crippen LogP) is 5.68. The molecule has 1 fully saturated rings. The molecule has 0 saturated heterocycles. The van der Waals surface area contributed by atoms with Crippen LogP contribution in [0.4, 0.5) is 0 Å². The summed E-state index contributed by atoms with van der Waals surface area (Å²) >= 11 is 6.17. The van der Waals surface area contributed by atoms with Gasteiger partial charge >= 0.3 is 0 Å². The van der Waals surface area contributed by atoms with E-state index in [9.17, 15) is 0 Å². The van der Waals surface area contributed by atoms with E-state index in [2.05, 4.69) is 31.2 Å². The van der Waals surface area contributed by atoms with Crippen LogP contribution in [-0.2, 0) is 0 Å². The largest absolute Gasteiger partial charge is 0.494 e. The van der Waals surface area contributed by atoms with Gasteiger partial charge in [0.1, 0.15) is 5.75 Å². The summed E-state index contributed by atoms with van der Waals surface area (Å²) < 4.78 is 5.69. The summed E-state index contributed by atoms with van der Waals surface area (Å²) in [5.41, 5.74) is 2.60. The Morgan fingerprint density at radius 3 is 2.80 bits per heavy atom. The van der Waals surface area contributed by atoms with Crippen molar-refractivity contribution in [1.82, 2.24) is 0 Å². The number of alkyl halides is 1. The van der Waals surface area contributed by atoms with Crippen molar-refractivity contribution in [3.8, 4) is 5.75 Å². The number of halogens is 1. The lowest BCUT2D eigenvalue weighted by molar-refractivity contribution is 0.317. The fraction of sp³-hybridized carbons (Fsp3) is 0.556. The first kappa shape index (κ1) is 15.4. The number of ether oxygens (including phenoxy) is 1. The minimum atomic E-state index is 0.644. The van der Waals surface area contributed by atoms with Crippen molar-refractivity contribution in [2.24, 2.45) is 5.92 Å². The molecule has 1 aromatic rings. The van der Waals surface area contributed by atoms with Gasteiger partial charge in [0.15, 0.2) is 0 Å². The van der Waals surface area contributed by atoms with Crippen molar-refractivity contribution in [3.05, 3.63) is 35.4 Å². The van der Waals surface area contributed by atoms with Gasteiger partial charge < -0.3 is 4.74 Å². The molecule has 0 spiro atoms. The normalized spacial score (nSPS) is 17.2. The number of allylic oxidation sites excluding steroid dienone is 1. The average molecular weight is 293 g/mol. The molecule has 0 heterocycles. The van der Waals surface area contributed by atoms with Gasteiger partial charge in [-0.05, 0) is 42.9 Å². The van der Waals surface area contributed by atoms with Gasteiger partial charge in [-0.3, -0.25) is 0 Å². The van der Waals surface area contributed by atoms with E-state index in [0.29, 0.717) is 11.8 Å². The van der Waals surface area contributed by atoms with Crippen molar-refractivity contribution in [2.45, 2.75) is 45.4 Å². The first-order valence-electron chi connectivity index (χ1n) is 7.82. The molecule has 110 valence electrons. The first-order chi connectivity index (χ1) is 9.83. The van der Waals surface area contributed by atoms with Gasteiger partial charge in [0.05, 0.1) is 6.61 Å². The Bertz CT molecular complexity index is 433. The summed E-state index contributed by atoms with van der Waals surface area (Å²) in [4.78, 5) is 0. The van der Waals surface area contributed by atoms with Gasteiger partial charge in [0.25, 0.3) is 0 Å². The van der Waals surface area contributed by atoms with Crippen LogP contribution in [0.5, 0.6) is 5.75 Å². The number of rotatable bonds is 6. The summed E-state index contributed by atoms with van der Waals surface area (Å²) in [5, 5.41) is 0. The molecule has 0 aliphatic heterocycles. The minimum absolute atomic E-state index is 0.644. The molecule has 1 aromatic carbocycles. The van der Waals surface area contributed by atoms with Gasteiger partial charge in [-0.2, -0.15) is 0 Å². The SMILES string of the molecule is CCCOc1cccc(/C=C(/CCl)C2CCCCC2)c1. The number of hydrogen-bond donors (Lipinski definition) is 0. The van der Waals surface area contributed by atoms with E-state index in [1.165, 1.54) is 43.2 Å². The molecule has 20 heavy (non-hydrogen) atoms. The second-order valence-corrected chi connectivity index (χ2v) is 5.88. The van der Waals surface area contributed by atoms with Crippen LogP contribution in [0.1, 0.15) is 51.0 Å². The molecule has 0 aromatic heterocycles. The maximum atomic E-state index is 6.17. The third-order valence-electron chi connectivity index (χ3n) is 3.97. The third-order valence-corrected chi connectivity index (χ3v) is 4.28. The summed E-state index contributed by atoms with van der Waals surface area (Å²) in [6, 6.07) is 8.33. The zero-order chi connectivity index (χ0) is 14.2. The first-order valence-corrected chi connectivity index (χ1v) is 8.36. The van der Waals surface area contributed by atoms with Gasteiger partial charge in [-0.25, -0.2) is 0 Å². The fourth-order valence-electron chi connectivity index (χ4n) is 2.87. The molecule has 1 aliphatic carbocycles. The highest BCUT2D eigenvalue weighted by Crippen LogP contribution is 2.31. The van der Waals surface area contributed by atoms with E-state index in [4.69, 9.17) is 16.3 Å². The van der Waals surface area contributed by atoms with E-state index in [-0.39, 0.29) is 0 Å². The smallest absolute Gasteiger partial charge is 0.119 e. The van der Waals surface area contributed by atoms with E-state index in [1.54, 1.807) is 0 Å². The maximum Gasteiger partial charge on any atom is 0.119 e. The summed E-state index contributed by atoms with van der Waals surface area (Å²) in [7, 11) is 0. The van der Waals surface area contributed by atoms with Crippen LogP contribution in [0.2, 0.25) is 0 Å². The lowest BCUT2D eigenvalue weighted by atomic mass is 9.83. The second-order valence-electron chi connectivity index (χ2n) is 5.61. The van der Waals surface area contributed by atoms with Crippen molar-refractivity contribution in [3.63, 3.8) is 0 Å². The van der Waals surface area contributed by atoms with Crippen molar-refractivity contribution < 1.29 is 4.74 Å². The predicted molar refractivity (Wildman–Crippen MR) is 87.5 cm³/mol. The van der Waals surface area contributed by atoms with Gasteiger partial charge in [0.2, 0.25) is 0 Å². The fourth-order valence-corrected chi connectivity index (χ4v) is 3.16. The quantitative estimate of drug-likeness (QED) is 0.613. The van der Waals surface area contributed by atoms with Crippen LogP contribution in [0.3, 0.4) is 0 Å². The van der Waals surface area contributed by atoms with E-state index >= 15 is 0 Å².